The van der Waals surface area contributed by atoms with Crippen LogP contribution in [0.15, 0.2) is 48.7 Å². The zero-order valence-electron chi connectivity index (χ0n) is 19.0. The second-order valence-corrected chi connectivity index (χ2v) is 9.33. The molecule has 0 N–H and O–H groups in total. The van der Waals surface area contributed by atoms with Gasteiger partial charge in [-0.05, 0) is 65.6 Å². The molecule has 0 bridgehead atoms. The van der Waals surface area contributed by atoms with Crippen molar-refractivity contribution in [1.29, 1.82) is 0 Å². The van der Waals surface area contributed by atoms with E-state index in [4.69, 9.17) is 4.74 Å². The van der Waals surface area contributed by atoms with Crippen LogP contribution in [0.2, 0.25) is 0 Å². The SMILES string of the molecule is CC(C)N(C(=O)OC(C)(C)C)c1ncccc1C1CCCCN1Cc1ccccc1. The molecule has 0 radical (unpaired) electrons. The molecule has 1 fully saturated rings. The summed E-state index contributed by atoms with van der Waals surface area (Å²) in [5.41, 5.74) is 1.86. The number of pyridine rings is 1. The number of hydrogen-bond donors (Lipinski definition) is 0. The molecule has 0 saturated carbocycles. The number of amides is 1. The highest BCUT2D eigenvalue weighted by Gasteiger charge is 2.32. The molecule has 0 spiro atoms. The van der Waals surface area contributed by atoms with E-state index in [1.807, 2.05) is 40.7 Å². The molecule has 1 aromatic heterocycles. The van der Waals surface area contributed by atoms with Crippen LogP contribution in [0.5, 0.6) is 0 Å². The van der Waals surface area contributed by atoms with Crippen molar-refractivity contribution in [3.8, 4) is 0 Å². The molecule has 5 heteroatoms. The quantitative estimate of drug-likeness (QED) is 0.611. The minimum absolute atomic E-state index is 0.0559. The number of nitrogens with zero attached hydrogens (tertiary/aromatic N) is 3. The van der Waals surface area contributed by atoms with Crippen LogP contribution in [0, 0.1) is 0 Å². The van der Waals surface area contributed by atoms with Crippen LogP contribution in [0.25, 0.3) is 0 Å². The molecule has 1 aliphatic heterocycles. The van der Waals surface area contributed by atoms with E-state index < -0.39 is 5.60 Å². The lowest BCUT2D eigenvalue weighted by Crippen LogP contribution is -2.43. The van der Waals surface area contributed by atoms with Crippen molar-refractivity contribution < 1.29 is 9.53 Å². The van der Waals surface area contributed by atoms with Gasteiger partial charge >= 0.3 is 6.09 Å². The van der Waals surface area contributed by atoms with Gasteiger partial charge in [-0.2, -0.15) is 0 Å². The van der Waals surface area contributed by atoms with Gasteiger partial charge in [0, 0.05) is 30.4 Å². The van der Waals surface area contributed by atoms with Gasteiger partial charge in [-0.25, -0.2) is 9.78 Å². The van der Waals surface area contributed by atoms with Crippen molar-refractivity contribution in [2.24, 2.45) is 0 Å². The summed E-state index contributed by atoms with van der Waals surface area (Å²) >= 11 is 0. The van der Waals surface area contributed by atoms with Gasteiger partial charge in [0.2, 0.25) is 0 Å². The monoisotopic (exact) mass is 409 g/mol. The summed E-state index contributed by atoms with van der Waals surface area (Å²) in [5, 5.41) is 0. The molecule has 30 heavy (non-hydrogen) atoms. The summed E-state index contributed by atoms with van der Waals surface area (Å²) in [5.74, 6) is 0.715. The second-order valence-electron chi connectivity index (χ2n) is 9.33. The average Bonchev–Trinajstić information content (AvgIpc) is 2.68. The molecule has 1 aromatic carbocycles. The summed E-state index contributed by atoms with van der Waals surface area (Å²) in [7, 11) is 0. The first-order valence-electron chi connectivity index (χ1n) is 11.0. The fraction of sp³-hybridized carbons (Fsp3) is 0.520. The topological polar surface area (TPSA) is 45.7 Å². The standard InChI is InChI=1S/C25H35N3O2/c1-19(2)28(24(29)30-25(3,4)5)23-21(14-11-16-26-23)22-15-9-10-17-27(22)18-20-12-7-6-8-13-20/h6-8,11-14,16,19,22H,9-10,15,17-18H2,1-5H3. The van der Waals surface area contributed by atoms with Gasteiger partial charge in [-0.3, -0.25) is 9.80 Å². The zero-order valence-corrected chi connectivity index (χ0v) is 19.0. The van der Waals surface area contributed by atoms with Crippen molar-refractivity contribution >= 4 is 11.9 Å². The van der Waals surface area contributed by atoms with Gasteiger partial charge in [0.15, 0.2) is 0 Å². The molecule has 5 nitrogen and oxygen atoms in total. The predicted molar refractivity (Wildman–Crippen MR) is 122 cm³/mol. The summed E-state index contributed by atoms with van der Waals surface area (Å²) < 4.78 is 5.71. The number of anilines is 1. The molecule has 2 heterocycles. The Bertz CT molecular complexity index is 830. The number of aromatic nitrogens is 1. The number of hydrogen-bond acceptors (Lipinski definition) is 4. The summed E-state index contributed by atoms with van der Waals surface area (Å²) in [6.45, 7) is 11.6. The minimum atomic E-state index is -0.552. The number of carbonyl (C=O) groups is 1. The molecule has 1 amide bonds. The number of ether oxygens (including phenoxy) is 1. The van der Waals surface area contributed by atoms with Crippen LogP contribution in [-0.2, 0) is 11.3 Å². The first kappa shape index (κ1) is 22.3. The Hall–Kier alpha value is -2.40. The number of rotatable bonds is 5. The van der Waals surface area contributed by atoms with Crippen molar-refractivity contribution in [1.82, 2.24) is 9.88 Å². The molecule has 2 aromatic rings. The predicted octanol–water partition coefficient (Wildman–Crippen LogP) is 5.96. The fourth-order valence-corrected chi connectivity index (χ4v) is 4.07. The van der Waals surface area contributed by atoms with Crippen molar-refractivity contribution in [3.63, 3.8) is 0 Å². The Kier molecular flexibility index (Phi) is 7.14. The molecular formula is C25H35N3O2. The molecule has 162 valence electrons. The Morgan fingerprint density at radius 2 is 1.90 bits per heavy atom. The van der Waals surface area contributed by atoms with Gasteiger partial charge in [-0.15, -0.1) is 0 Å². The Balaban J connectivity index is 1.94. The summed E-state index contributed by atoms with van der Waals surface area (Å²) in [4.78, 5) is 21.9. The maximum atomic E-state index is 13.1. The maximum Gasteiger partial charge on any atom is 0.416 e. The highest BCUT2D eigenvalue weighted by atomic mass is 16.6. The second kappa shape index (κ2) is 9.61. The number of carbonyl (C=O) groups excluding carboxylic acids is 1. The first-order chi connectivity index (χ1) is 14.3. The largest absolute Gasteiger partial charge is 0.443 e. The third-order valence-corrected chi connectivity index (χ3v) is 5.35. The van der Waals surface area contributed by atoms with Crippen LogP contribution >= 0.6 is 0 Å². The number of benzene rings is 1. The molecular weight excluding hydrogens is 374 g/mol. The van der Waals surface area contributed by atoms with Crippen molar-refractivity contribution in [2.75, 3.05) is 11.4 Å². The van der Waals surface area contributed by atoms with Crippen LogP contribution in [-0.4, -0.2) is 34.2 Å². The number of likely N-dealkylation sites (tertiary alicyclic amines) is 1. The van der Waals surface area contributed by atoms with E-state index in [2.05, 4.69) is 46.3 Å². The highest BCUT2D eigenvalue weighted by molar-refractivity contribution is 5.88. The average molecular weight is 410 g/mol. The molecule has 1 aliphatic rings. The van der Waals surface area contributed by atoms with Gasteiger partial charge in [-0.1, -0.05) is 42.8 Å². The van der Waals surface area contributed by atoms with E-state index >= 15 is 0 Å². The van der Waals surface area contributed by atoms with E-state index in [-0.39, 0.29) is 18.2 Å². The molecule has 3 rings (SSSR count). The third kappa shape index (κ3) is 5.60. The Labute approximate surface area is 181 Å². The van der Waals surface area contributed by atoms with E-state index in [1.54, 1.807) is 11.1 Å². The van der Waals surface area contributed by atoms with Crippen molar-refractivity contribution in [2.45, 2.75) is 78.1 Å². The Morgan fingerprint density at radius 1 is 1.17 bits per heavy atom. The molecule has 1 saturated heterocycles. The smallest absolute Gasteiger partial charge is 0.416 e. The minimum Gasteiger partial charge on any atom is -0.443 e. The molecule has 1 unspecified atom stereocenters. The van der Waals surface area contributed by atoms with E-state index in [9.17, 15) is 4.79 Å². The van der Waals surface area contributed by atoms with Gasteiger partial charge in [0.25, 0.3) is 0 Å². The Morgan fingerprint density at radius 3 is 2.57 bits per heavy atom. The maximum absolute atomic E-state index is 13.1. The lowest BCUT2D eigenvalue weighted by Gasteiger charge is -2.38. The van der Waals surface area contributed by atoms with E-state index in [0.717, 1.165) is 25.1 Å². The van der Waals surface area contributed by atoms with E-state index in [0.29, 0.717) is 5.82 Å². The number of piperidine rings is 1. The van der Waals surface area contributed by atoms with Crippen LogP contribution in [0.4, 0.5) is 10.6 Å². The van der Waals surface area contributed by atoms with Crippen LogP contribution in [0.3, 0.4) is 0 Å². The third-order valence-electron chi connectivity index (χ3n) is 5.35. The fourth-order valence-electron chi connectivity index (χ4n) is 4.07. The van der Waals surface area contributed by atoms with Gasteiger partial charge in [0.1, 0.15) is 11.4 Å². The van der Waals surface area contributed by atoms with E-state index in [1.165, 1.54) is 18.4 Å². The van der Waals surface area contributed by atoms with Crippen molar-refractivity contribution in [3.05, 3.63) is 59.8 Å². The highest BCUT2D eigenvalue weighted by Crippen LogP contribution is 2.37. The normalized spacial score (nSPS) is 17.7. The van der Waals surface area contributed by atoms with Gasteiger partial charge < -0.3 is 4.74 Å². The van der Waals surface area contributed by atoms with Gasteiger partial charge in [0.05, 0.1) is 0 Å². The zero-order chi connectivity index (χ0) is 21.7. The van der Waals surface area contributed by atoms with Crippen LogP contribution in [0.1, 0.15) is 71.0 Å². The lowest BCUT2D eigenvalue weighted by molar-refractivity contribution is 0.0567. The van der Waals surface area contributed by atoms with Crippen LogP contribution < -0.4 is 4.90 Å². The molecule has 0 aliphatic carbocycles. The molecule has 1 atom stereocenters. The first-order valence-corrected chi connectivity index (χ1v) is 11.0. The summed E-state index contributed by atoms with van der Waals surface area (Å²) in [6.07, 6.45) is 4.86. The summed E-state index contributed by atoms with van der Waals surface area (Å²) in [6, 6.07) is 14.9. The lowest BCUT2D eigenvalue weighted by atomic mass is 9.94.